The molecule has 2 nitrogen and oxygen atoms in total. The second kappa shape index (κ2) is 7.15. The summed E-state index contributed by atoms with van der Waals surface area (Å²) in [7, 11) is 0. The van der Waals surface area contributed by atoms with Gasteiger partial charge in [-0.1, -0.05) is 41.3 Å². The molecule has 0 aromatic heterocycles. The van der Waals surface area contributed by atoms with Crippen LogP contribution in [0.25, 0.3) is 0 Å². The minimum Gasteiger partial charge on any atom is -0.369 e. The molecular formula is C18H27BrN2. The maximum atomic E-state index is 3.77. The fourth-order valence-corrected chi connectivity index (χ4v) is 3.95. The molecule has 0 saturated heterocycles. The number of rotatable bonds is 6. The Kier molecular flexibility index (Phi) is 5.23. The summed E-state index contributed by atoms with van der Waals surface area (Å²) < 4.78 is 1.25. The van der Waals surface area contributed by atoms with Gasteiger partial charge in [0.15, 0.2) is 0 Å². The average Bonchev–Trinajstić information content (AvgIpc) is 3.32. The summed E-state index contributed by atoms with van der Waals surface area (Å²) in [5.74, 6) is 0. The maximum absolute atomic E-state index is 3.77. The highest BCUT2D eigenvalue weighted by atomic mass is 79.9. The van der Waals surface area contributed by atoms with Gasteiger partial charge in [0, 0.05) is 35.3 Å². The van der Waals surface area contributed by atoms with Crippen LogP contribution in [-0.4, -0.2) is 18.6 Å². The molecule has 0 amide bonds. The third kappa shape index (κ3) is 4.01. The van der Waals surface area contributed by atoms with Gasteiger partial charge in [-0.2, -0.15) is 0 Å². The minimum absolute atomic E-state index is 0.742. The van der Waals surface area contributed by atoms with Crippen LogP contribution < -0.4 is 10.2 Å². The molecule has 2 aliphatic carbocycles. The summed E-state index contributed by atoms with van der Waals surface area (Å²) in [6, 6.07) is 8.44. The molecule has 0 heterocycles. The van der Waals surface area contributed by atoms with Gasteiger partial charge in [0.05, 0.1) is 0 Å². The monoisotopic (exact) mass is 350 g/mol. The summed E-state index contributed by atoms with van der Waals surface area (Å²) in [6.07, 6.45) is 9.62. The van der Waals surface area contributed by atoms with Crippen molar-refractivity contribution in [2.24, 2.45) is 0 Å². The zero-order valence-electron chi connectivity index (χ0n) is 13.1. The van der Waals surface area contributed by atoms with E-state index in [1.54, 1.807) is 0 Å². The highest BCUT2D eigenvalue weighted by Gasteiger charge is 2.22. The lowest BCUT2D eigenvalue weighted by Crippen LogP contribution is -2.36. The normalized spacial score (nSPS) is 19.7. The van der Waals surface area contributed by atoms with Crippen LogP contribution >= 0.6 is 15.9 Å². The first-order valence-electron chi connectivity index (χ1n) is 8.56. The number of nitrogens with zero attached hydrogens (tertiary/aromatic N) is 1. The lowest BCUT2D eigenvalue weighted by Gasteiger charge is -2.35. The molecule has 0 radical (unpaired) electrons. The molecule has 1 N–H and O–H groups in total. The van der Waals surface area contributed by atoms with Crippen LogP contribution in [-0.2, 0) is 6.54 Å². The lowest BCUT2D eigenvalue weighted by atomic mass is 9.93. The Labute approximate surface area is 137 Å². The van der Waals surface area contributed by atoms with Gasteiger partial charge in [-0.15, -0.1) is 0 Å². The highest BCUT2D eigenvalue weighted by molar-refractivity contribution is 9.10. The van der Waals surface area contributed by atoms with Crippen LogP contribution in [0.5, 0.6) is 0 Å². The van der Waals surface area contributed by atoms with Crippen LogP contribution in [0.3, 0.4) is 0 Å². The topological polar surface area (TPSA) is 15.3 Å². The number of anilines is 1. The third-order valence-corrected chi connectivity index (χ3v) is 5.62. The van der Waals surface area contributed by atoms with Gasteiger partial charge in [-0.05, 0) is 50.3 Å². The molecule has 2 fully saturated rings. The molecule has 1 aromatic carbocycles. The van der Waals surface area contributed by atoms with Crippen molar-refractivity contribution in [2.75, 3.05) is 11.4 Å². The van der Waals surface area contributed by atoms with E-state index in [0.29, 0.717) is 0 Å². The largest absolute Gasteiger partial charge is 0.369 e. The van der Waals surface area contributed by atoms with Gasteiger partial charge in [-0.3, -0.25) is 0 Å². The number of nitrogens with one attached hydrogen (secondary N) is 1. The molecule has 116 valence electrons. The predicted molar refractivity (Wildman–Crippen MR) is 93.9 cm³/mol. The Morgan fingerprint density at radius 2 is 1.90 bits per heavy atom. The summed E-state index contributed by atoms with van der Waals surface area (Å²) in [5.41, 5.74) is 2.76. The van der Waals surface area contributed by atoms with Crippen LogP contribution in [0.2, 0.25) is 0 Å². The van der Waals surface area contributed by atoms with Gasteiger partial charge in [0.2, 0.25) is 0 Å². The van der Waals surface area contributed by atoms with Gasteiger partial charge in [0.1, 0.15) is 0 Å². The molecule has 2 saturated carbocycles. The zero-order chi connectivity index (χ0) is 14.7. The van der Waals surface area contributed by atoms with E-state index in [9.17, 15) is 0 Å². The fourth-order valence-electron chi connectivity index (χ4n) is 3.44. The van der Waals surface area contributed by atoms with Crippen molar-refractivity contribution in [3.63, 3.8) is 0 Å². The Morgan fingerprint density at radius 3 is 2.52 bits per heavy atom. The van der Waals surface area contributed by atoms with Gasteiger partial charge >= 0.3 is 0 Å². The smallest absolute Gasteiger partial charge is 0.0380 e. The number of benzene rings is 1. The SMILES string of the molecule is CCN(c1ccc(CNC2CC2)c(Br)c1)C1CCCCC1. The van der Waals surface area contributed by atoms with Crippen LogP contribution in [0.4, 0.5) is 5.69 Å². The van der Waals surface area contributed by atoms with E-state index in [4.69, 9.17) is 0 Å². The van der Waals surface area contributed by atoms with Crippen molar-refractivity contribution in [3.8, 4) is 0 Å². The second-order valence-corrected chi connectivity index (χ2v) is 7.36. The molecule has 0 atom stereocenters. The van der Waals surface area contributed by atoms with E-state index in [1.165, 1.54) is 60.7 Å². The van der Waals surface area contributed by atoms with Gasteiger partial charge in [0.25, 0.3) is 0 Å². The molecule has 2 aliphatic rings. The first-order chi connectivity index (χ1) is 10.3. The summed E-state index contributed by atoms with van der Waals surface area (Å²) >= 11 is 3.77. The van der Waals surface area contributed by atoms with Crippen LogP contribution in [0.15, 0.2) is 22.7 Å². The minimum atomic E-state index is 0.742. The molecule has 21 heavy (non-hydrogen) atoms. The first kappa shape index (κ1) is 15.4. The summed E-state index contributed by atoms with van der Waals surface area (Å²) in [6.45, 7) is 4.38. The number of halogens is 1. The summed E-state index contributed by atoms with van der Waals surface area (Å²) in [5, 5.41) is 3.60. The molecule has 0 bridgehead atoms. The van der Waals surface area contributed by atoms with Crippen LogP contribution in [0, 0.1) is 0 Å². The standard InChI is InChI=1S/C18H27BrN2/c1-2-21(16-6-4-3-5-7-16)17-11-8-14(18(19)12-17)13-20-15-9-10-15/h8,11-12,15-16,20H,2-7,9-10,13H2,1H3. The lowest BCUT2D eigenvalue weighted by molar-refractivity contribution is 0.418. The van der Waals surface area contributed by atoms with Crippen molar-refractivity contribution < 1.29 is 0 Å². The molecular weight excluding hydrogens is 324 g/mol. The van der Waals surface area contributed by atoms with E-state index >= 15 is 0 Å². The molecule has 0 spiro atoms. The Balaban J connectivity index is 1.69. The number of hydrogen-bond acceptors (Lipinski definition) is 2. The first-order valence-corrected chi connectivity index (χ1v) is 9.35. The van der Waals surface area contributed by atoms with Gasteiger partial charge in [-0.25, -0.2) is 0 Å². The molecule has 1 aromatic rings. The Morgan fingerprint density at radius 1 is 1.14 bits per heavy atom. The average molecular weight is 351 g/mol. The van der Waals surface area contributed by atoms with Crippen LogP contribution in [0.1, 0.15) is 57.4 Å². The highest BCUT2D eigenvalue weighted by Crippen LogP contribution is 2.30. The van der Waals surface area contributed by atoms with E-state index in [-0.39, 0.29) is 0 Å². The van der Waals surface area contributed by atoms with E-state index in [0.717, 1.165) is 25.2 Å². The van der Waals surface area contributed by atoms with Crippen molar-refractivity contribution in [3.05, 3.63) is 28.2 Å². The van der Waals surface area contributed by atoms with E-state index < -0.39 is 0 Å². The predicted octanol–water partition coefficient (Wildman–Crippen LogP) is 4.86. The quantitative estimate of drug-likeness (QED) is 0.787. The van der Waals surface area contributed by atoms with Crippen molar-refractivity contribution >= 4 is 21.6 Å². The van der Waals surface area contributed by atoms with Gasteiger partial charge < -0.3 is 10.2 Å². The molecule has 3 heteroatoms. The fraction of sp³-hybridized carbons (Fsp3) is 0.667. The maximum Gasteiger partial charge on any atom is 0.0380 e. The van der Waals surface area contributed by atoms with E-state index in [2.05, 4.69) is 51.3 Å². The van der Waals surface area contributed by atoms with Crippen molar-refractivity contribution in [1.29, 1.82) is 0 Å². The summed E-state index contributed by atoms with van der Waals surface area (Å²) in [4.78, 5) is 2.60. The molecule has 0 aliphatic heterocycles. The Hall–Kier alpha value is -0.540. The number of hydrogen-bond donors (Lipinski definition) is 1. The second-order valence-electron chi connectivity index (χ2n) is 6.51. The molecule has 0 unspecified atom stereocenters. The van der Waals surface area contributed by atoms with Crippen molar-refractivity contribution in [2.45, 2.75) is 70.5 Å². The third-order valence-electron chi connectivity index (χ3n) is 4.88. The Bertz CT molecular complexity index is 464. The van der Waals surface area contributed by atoms with Crippen molar-refractivity contribution in [1.82, 2.24) is 5.32 Å². The van der Waals surface area contributed by atoms with E-state index in [1.807, 2.05) is 0 Å². The molecule has 3 rings (SSSR count). The zero-order valence-corrected chi connectivity index (χ0v) is 14.7.